The van der Waals surface area contributed by atoms with Crippen molar-refractivity contribution >= 4 is 11.6 Å². The fraction of sp³-hybridized carbons (Fsp3) is 0.571. The van der Waals surface area contributed by atoms with Gasteiger partial charge in [-0.3, -0.25) is 9.59 Å². The van der Waals surface area contributed by atoms with E-state index < -0.39 is 17.3 Å². The van der Waals surface area contributed by atoms with E-state index in [4.69, 9.17) is 0 Å². The van der Waals surface area contributed by atoms with E-state index in [0.717, 1.165) is 12.8 Å². The van der Waals surface area contributed by atoms with E-state index in [-0.39, 0.29) is 17.5 Å². The quantitative estimate of drug-likeness (QED) is 0.881. The highest BCUT2D eigenvalue weighted by Crippen LogP contribution is 2.31. The molecule has 0 bridgehead atoms. The number of aromatic nitrogens is 1. The van der Waals surface area contributed by atoms with E-state index in [2.05, 4.69) is 5.32 Å². The molecule has 7 heteroatoms. The van der Waals surface area contributed by atoms with Crippen molar-refractivity contribution in [3.8, 4) is 0 Å². The maximum Gasteiger partial charge on any atom is 0.417 e. The normalized spacial score (nSPS) is 22.9. The summed E-state index contributed by atoms with van der Waals surface area (Å²) in [7, 11) is 0. The molecule has 2 N–H and O–H groups in total. The van der Waals surface area contributed by atoms with Crippen LogP contribution in [-0.2, 0) is 11.0 Å². The monoisotopic (exact) mass is 302 g/mol. The standard InChI is InChI=1S/C14H17F3N2O2/c1-8-3-2-4-9(5-8)12(20)19-11-6-10(14(15,16)17)7-18-13(11)21/h6-9H,2-5H2,1H3,(H,18,21)(H,19,20)/t8-,9-/m1/s1. The first-order valence-corrected chi connectivity index (χ1v) is 6.88. The number of amides is 1. The number of hydrogen-bond acceptors (Lipinski definition) is 2. The smallest absolute Gasteiger partial charge is 0.327 e. The van der Waals surface area contributed by atoms with Crippen molar-refractivity contribution in [1.29, 1.82) is 0 Å². The van der Waals surface area contributed by atoms with E-state index >= 15 is 0 Å². The molecule has 0 aliphatic heterocycles. The van der Waals surface area contributed by atoms with Crippen molar-refractivity contribution in [2.75, 3.05) is 5.32 Å². The molecule has 1 aliphatic carbocycles. The fourth-order valence-electron chi connectivity index (χ4n) is 2.65. The van der Waals surface area contributed by atoms with E-state index in [1.807, 2.05) is 11.9 Å². The average molecular weight is 302 g/mol. The van der Waals surface area contributed by atoms with Crippen molar-refractivity contribution in [2.45, 2.75) is 38.8 Å². The summed E-state index contributed by atoms with van der Waals surface area (Å²) in [5.74, 6) is -0.219. The lowest BCUT2D eigenvalue weighted by molar-refractivity contribution is -0.137. The molecule has 116 valence electrons. The molecule has 1 aromatic rings. The van der Waals surface area contributed by atoms with Crippen molar-refractivity contribution < 1.29 is 18.0 Å². The van der Waals surface area contributed by atoms with Crippen LogP contribution in [0.4, 0.5) is 18.9 Å². The number of halogens is 3. The van der Waals surface area contributed by atoms with Gasteiger partial charge in [-0.15, -0.1) is 0 Å². The van der Waals surface area contributed by atoms with E-state index in [9.17, 15) is 22.8 Å². The second-order valence-corrected chi connectivity index (χ2v) is 5.59. The van der Waals surface area contributed by atoms with E-state index in [1.54, 1.807) is 0 Å². The molecule has 0 spiro atoms. The number of rotatable bonds is 2. The van der Waals surface area contributed by atoms with Crippen molar-refractivity contribution in [1.82, 2.24) is 4.98 Å². The summed E-state index contributed by atoms with van der Waals surface area (Å²) in [4.78, 5) is 25.6. The van der Waals surface area contributed by atoms with Crippen molar-refractivity contribution in [2.24, 2.45) is 11.8 Å². The molecule has 1 heterocycles. The van der Waals surface area contributed by atoms with Crippen LogP contribution in [0.3, 0.4) is 0 Å². The van der Waals surface area contributed by atoms with Crippen LogP contribution in [0.15, 0.2) is 17.1 Å². The lowest BCUT2D eigenvalue weighted by Crippen LogP contribution is -2.30. The van der Waals surface area contributed by atoms with Gasteiger partial charge in [0.25, 0.3) is 5.56 Å². The summed E-state index contributed by atoms with van der Waals surface area (Å²) < 4.78 is 37.8. The molecule has 21 heavy (non-hydrogen) atoms. The maximum absolute atomic E-state index is 12.6. The van der Waals surface area contributed by atoms with Gasteiger partial charge in [-0.1, -0.05) is 19.8 Å². The number of carbonyl (C=O) groups is 1. The Morgan fingerprint density at radius 3 is 2.71 bits per heavy atom. The van der Waals surface area contributed by atoms with Gasteiger partial charge in [-0.05, 0) is 24.8 Å². The van der Waals surface area contributed by atoms with Gasteiger partial charge in [-0.25, -0.2) is 0 Å². The molecular formula is C14H17F3N2O2. The van der Waals surface area contributed by atoms with Crippen LogP contribution < -0.4 is 10.9 Å². The predicted octanol–water partition coefficient (Wildman–Crippen LogP) is 3.16. The first kappa shape index (κ1) is 15.6. The molecule has 0 aromatic carbocycles. The number of pyridine rings is 1. The summed E-state index contributed by atoms with van der Waals surface area (Å²) >= 11 is 0. The molecule has 1 aliphatic rings. The van der Waals surface area contributed by atoms with E-state index in [1.165, 1.54) is 0 Å². The van der Waals surface area contributed by atoms with E-state index in [0.29, 0.717) is 31.0 Å². The van der Waals surface area contributed by atoms with Crippen LogP contribution in [0, 0.1) is 11.8 Å². The second-order valence-electron chi connectivity index (χ2n) is 5.59. The van der Waals surface area contributed by atoms with Gasteiger partial charge in [0.05, 0.1) is 5.56 Å². The van der Waals surface area contributed by atoms with Gasteiger partial charge in [-0.2, -0.15) is 13.2 Å². The summed E-state index contributed by atoms with van der Waals surface area (Å²) in [6, 6.07) is 0.670. The first-order chi connectivity index (χ1) is 9.77. The lowest BCUT2D eigenvalue weighted by Gasteiger charge is -2.25. The minimum atomic E-state index is -4.57. The number of aromatic amines is 1. The van der Waals surface area contributed by atoms with Crippen molar-refractivity contribution in [3.63, 3.8) is 0 Å². The number of nitrogens with one attached hydrogen (secondary N) is 2. The van der Waals surface area contributed by atoms with Gasteiger partial charge in [0.2, 0.25) is 5.91 Å². The average Bonchev–Trinajstić information content (AvgIpc) is 2.40. The highest BCUT2D eigenvalue weighted by Gasteiger charge is 2.32. The zero-order chi connectivity index (χ0) is 15.6. The number of hydrogen-bond donors (Lipinski definition) is 2. The maximum atomic E-state index is 12.6. The molecule has 0 unspecified atom stereocenters. The van der Waals surface area contributed by atoms with Crippen LogP contribution in [0.25, 0.3) is 0 Å². The molecule has 1 aromatic heterocycles. The molecule has 2 rings (SSSR count). The topological polar surface area (TPSA) is 62.0 Å². The van der Waals surface area contributed by atoms with Crippen LogP contribution in [0.2, 0.25) is 0 Å². The molecule has 1 fully saturated rings. The Bertz CT molecular complexity index is 580. The van der Waals surface area contributed by atoms with Crippen LogP contribution in [0.5, 0.6) is 0 Å². The Labute approximate surface area is 119 Å². The molecule has 0 saturated heterocycles. The zero-order valence-corrected chi connectivity index (χ0v) is 11.6. The summed E-state index contributed by atoms with van der Waals surface area (Å²) in [5.41, 5.74) is -2.08. The summed E-state index contributed by atoms with van der Waals surface area (Å²) in [6.45, 7) is 2.04. The van der Waals surface area contributed by atoms with Gasteiger partial charge >= 0.3 is 6.18 Å². The zero-order valence-electron chi connectivity index (χ0n) is 11.6. The molecule has 1 amide bonds. The predicted molar refractivity (Wildman–Crippen MR) is 71.8 cm³/mol. The summed E-state index contributed by atoms with van der Waals surface area (Å²) in [5, 5.41) is 2.33. The van der Waals surface area contributed by atoms with Gasteiger partial charge < -0.3 is 10.3 Å². The third-order valence-corrected chi connectivity index (χ3v) is 3.80. The molecular weight excluding hydrogens is 285 g/mol. The van der Waals surface area contributed by atoms with Crippen LogP contribution >= 0.6 is 0 Å². The SMILES string of the molecule is C[C@@H]1CCC[C@@H](C(=O)Nc2cc(C(F)(F)F)c[nH]c2=O)C1. The highest BCUT2D eigenvalue weighted by molar-refractivity contribution is 5.92. The number of anilines is 1. The third kappa shape index (κ3) is 3.86. The minimum Gasteiger partial charge on any atom is -0.327 e. The molecule has 2 atom stereocenters. The molecule has 4 nitrogen and oxygen atoms in total. The lowest BCUT2D eigenvalue weighted by atomic mass is 9.82. The number of H-pyrrole nitrogens is 1. The Morgan fingerprint density at radius 1 is 1.38 bits per heavy atom. The van der Waals surface area contributed by atoms with Gasteiger partial charge in [0.1, 0.15) is 5.69 Å². The molecule has 0 radical (unpaired) electrons. The molecule has 1 saturated carbocycles. The number of alkyl halides is 3. The Kier molecular flexibility index (Phi) is 4.39. The van der Waals surface area contributed by atoms with Gasteiger partial charge in [0.15, 0.2) is 0 Å². The highest BCUT2D eigenvalue weighted by atomic mass is 19.4. The van der Waals surface area contributed by atoms with Crippen molar-refractivity contribution in [3.05, 3.63) is 28.2 Å². The Balaban J connectivity index is 2.15. The largest absolute Gasteiger partial charge is 0.417 e. The fourth-order valence-corrected chi connectivity index (χ4v) is 2.65. The second kappa shape index (κ2) is 5.91. The Morgan fingerprint density at radius 2 is 2.10 bits per heavy atom. The third-order valence-electron chi connectivity index (χ3n) is 3.80. The van der Waals surface area contributed by atoms with Crippen LogP contribution in [-0.4, -0.2) is 10.9 Å². The first-order valence-electron chi connectivity index (χ1n) is 6.88. The minimum absolute atomic E-state index is 0.248. The van der Waals surface area contributed by atoms with Crippen LogP contribution in [0.1, 0.15) is 38.2 Å². The van der Waals surface area contributed by atoms with Gasteiger partial charge in [0, 0.05) is 12.1 Å². The Hall–Kier alpha value is -1.79. The summed E-state index contributed by atoms with van der Waals surface area (Å²) in [6.07, 6.45) is -0.606. The number of carbonyl (C=O) groups excluding carboxylic acids is 1.